The first-order chi connectivity index (χ1) is 8.56. The molecule has 0 radical (unpaired) electrons. The van der Waals surface area contributed by atoms with Crippen molar-refractivity contribution in [1.29, 1.82) is 0 Å². The van der Waals surface area contributed by atoms with Gasteiger partial charge in [-0.1, -0.05) is 26.0 Å². The van der Waals surface area contributed by atoms with Gasteiger partial charge in [0.15, 0.2) is 5.58 Å². The summed E-state index contributed by atoms with van der Waals surface area (Å²) in [7, 11) is 0. The molecule has 4 heteroatoms. The molecule has 1 aromatic carbocycles. The van der Waals surface area contributed by atoms with Crippen LogP contribution in [0.15, 0.2) is 28.7 Å². The van der Waals surface area contributed by atoms with Gasteiger partial charge in [0.2, 0.25) is 0 Å². The van der Waals surface area contributed by atoms with E-state index in [0.29, 0.717) is 0 Å². The summed E-state index contributed by atoms with van der Waals surface area (Å²) in [5.41, 5.74) is 8.01. The van der Waals surface area contributed by atoms with Crippen molar-refractivity contribution < 1.29 is 4.42 Å². The second-order valence-electron chi connectivity index (χ2n) is 5.77. The molecule has 0 amide bonds. The number of nitrogens with zero attached hydrogens (tertiary/aromatic N) is 2. The van der Waals surface area contributed by atoms with Gasteiger partial charge in [-0.3, -0.25) is 0 Å². The summed E-state index contributed by atoms with van der Waals surface area (Å²) in [5.74, 6) is 0. The van der Waals surface area contributed by atoms with E-state index in [2.05, 4.69) is 23.7 Å². The van der Waals surface area contributed by atoms with Crippen LogP contribution in [0.1, 0.15) is 20.3 Å². The van der Waals surface area contributed by atoms with Gasteiger partial charge in [0, 0.05) is 19.1 Å². The van der Waals surface area contributed by atoms with Crippen molar-refractivity contribution >= 4 is 17.1 Å². The van der Waals surface area contributed by atoms with E-state index in [1.807, 2.05) is 24.3 Å². The van der Waals surface area contributed by atoms with E-state index in [-0.39, 0.29) is 11.5 Å². The third-order valence-electron chi connectivity index (χ3n) is 3.87. The Morgan fingerprint density at radius 2 is 2.17 bits per heavy atom. The van der Waals surface area contributed by atoms with Gasteiger partial charge in [-0.05, 0) is 24.0 Å². The lowest BCUT2D eigenvalue weighted by Crippen LogP contribution is -2.52. The maximum atomic E-state index is 6.15. The number of hydrogen-bond donors (Lipinski definition) is 1. The number of aromatic nitrogens is 1. The highest BCUT2D eigenvalue weighted by Gasteiger charge is 2.35. The van der Waals surface area contributed by atoms with E-state index in [9.17, 15) is 0 Å². The molecular weight excluding hydrogens is 226 g/mol. The number of anilines is 1. The Labute approximate surface area is 107 Å². The van der Waals surface area contributed by atoms with Crippen LogP contribution in [0.2, 0.25) is 0 Å². The van der Waals surface area contributed by atoms with Crippen molar-refractivity contribution in [2.45, 2.75) is 26.3 Å². The predicted octanol–water partition coefficient (Wildman–Crippen LogP) is 2.39. The maximum absolute atomic E-state index is 6.15. The average Bonchev–Trinajstić information content (AvgIpc) is 2.76. The molecule has 0 spiro atoms. The zero-order chi connectivity index (χ0) is 12.8. The summed E-state index contributed by atoms with van der Waals surface area (Å²) in [6, 6.07) is 8.84. The van der Waals surface area contributed by atoms with Crippen LogP contribution < -0.4 is 10.6 Å². The molecule has 3 rings (SSSR count). The minimum Gasteiger partial charge on any atom is -0.423 e. The summed E-state index contributed by atoms with van der Waals surface area (Å²) in [4.78, 5) is 6.74. The standard InChI is InChI=1S/C14H19N3O/c1-14(2)9-17(8-7-12(14)15)13-16-10-5-3-4-6-11(10)18-13/h3-6,12H,7-9,15H2,1-2H3. The number of hydrogen-bond acceptors (Lipinski definition) is 4. The highest BCUT2D eigenvalue weighted by atomic mass is 16.4. The van der Waals surface area contributed by atoms with Crippen LogP contribution in [-0.4, -0.2) is 24.1 Å². The zero-order valence-electron chi connectivity index (χ0n) is 10.9. The van der Waals surface area contributed by atoms with E-state index in [4.69, 9.17) is 10.2 Å². The number of rotatable bonds is 1. The molecule has 2 heterocycles. The van der Waals surface area contributed by atoms with E-state index in [1.165, 1.54) is 0 Å². The first kappa shape index (κ1) is 11.5. The number of nitrogens with two attached hydrogens (primary N) is 1. The number of benzene rings is 1. The van der Waals surface area contributed by atoms with Crippen LogP contribution in [0, 0.1) is 5.41 Å². The molecule has 2 N–H and O–H groups in total. The molecule has 1 saturated heterocycles. The van der Waals surface area contributed by atoms with Gasteiger partial charge in [-0.2, -0.15) is 4.98 Å². The quantitative estimate of drug-likeness (QED) is 0.838. The lowest BCUT2D eigenvalue weighted by molar-refractivity contribution is 0.239. The SMILES string of the molecule is CC1(C)CN(c2nc3ccccc3o2)CCC1N. The Bertz CT molecular complexity index is 528. The number of piperidine rings is 1. The monoisotopic (exact) mass is 245 g/mol. The number of para-hydroxylation sites is 2. The van der Waals surface area contributed by atoms with Crippen molar-refractivity contribution in [3.8, 4) is 0 Å². The molecule has 18 heavy (non-hydrogen) atoms. The molecule has 1 unspecified atom stereocenters. The Balaban J connectivity index is 1.91. The molecule has 4 nitrogen and oxygen atoms in total. The fraction of sp³-hybridized carbons (Fsp3) is 0.500. The Kier molecular flexibility index (Phi) is 2.55. The Hall–Kier alpha value is -1.55. The first-order valence-corrected chi connectivity index (χ1v) is 6.42. The predicted molar refractivity (Wildman–Crippen MR) is 72.6 cm³/mol. The second-order valence-corrected chi connectivity index (χ2v) is 5.77. The zero-order valence-corrected chi connectivity index (χ0v) is 10.9. The fourth-order valence-electron chi connectivity index (χ4n) is 2.53. The molecule has 1 aromatic heterocycles. The van der Waals surface area contributed by atoms with E-state index < -0.39 is 0 Å². The van der Waals surface area contributed by atoms with Gasteiger partial charge in [0.05, 0.1) is 0 Å². The van der Waals surface area contributed by atoms with Gasteiger partial charge in [-0.15, -0.1) is 0 Å². The molecule has 0 aliphatic carbocycles. The second kappa shape index (κ2) is 3.99. The van der Waals surface area contributed by atoms with E-state index in [0.717, 1.165) is 36.6 Å². The van der Waals surface area contributed by atoms with Gasteiger partial charge < -0.3 is 15.1 Å². The average molecular weight is 245 g/mol. The van der Waals surface area contributed by atoms with Crippen LogP contribution in [-0.2, 0) is 0 Å². The summed E-state index contributed by atoms with van der Waals surface area (Å²) in [6.07, 6.45) is 0.978. The molecule has 1 aliphatic heterocycles. The fourth-order valence-corrected chi connectivity index (χ4v) is 2.53. The van der Waals surface area contributed by atoms with Crippen molar-refractivity contribution in [2.75, 3.05) is 18.0 Å². The van der Waals surface area contributed by atoms with Crippen LogP contribution in [0.25, 0.3) is 11.1 Å². The third-order valence-corrected chi connectivity index (χ3v) is 3.87. The van der Waals surface area contributed by atoms with Gasteiger partial charge in [0.25, 0.3) is 6.01 Å². The molecule has 96 valence electrons. The third kappa shape index (κ3) is 1.86. The highest BCUT2D eigenvalue weighted by molar-refractivity contribution is 5.74. The summed E-state index contributed by atoms with van der Waals surface area (Å²) in [5, 5.41) is 0. The summed E-state index contributed by atoms with van der Waals surface area (Å²) in [6.45, 7) is 6.21. The van der Waals surface area contributed by atoms with Crippen molar-refractivity contribution in [3.63, 3.8) is 0 Å². The van der Waals surface area contributed by atoms with Crippen LogP contribution >= 0.6 is 0 Å². The first-order valence-electron chi connectivity index (χ1n) is 6.42. The number of fused-ring (bicyclic) bond motifs is 1. The minimum atomic E-state index is 0.0961. The molecule has 1 fully saturated rings. The molecule has 1 atom stereocenters. The Morgan fingerprint density at radius 3 is 2.89 bits per heavy atom. The normalized spacial score (nSPS) is 23.5. The Morgan fingerprint density at radius 1 is 1.39 bits per heavy atom. The van der Waals surface area contributed by atoms with E-state index in [1.54, 1.807) is 0 Å². The summed E-state index contributed by atoms with van der Waals surface area (Å²) >= 11 is 0. The van der Waals surface area contributed by atoms with Gasteiger partial charge in [0.1, 0.15) is 5.52 Å². The minimum absolute atomic E-state index is 0.0961. The molecule has 0 bridgehead atoms. The lowest BCUT2D eigenvalue weighted by atomic mass is 9.80. The van der Waals surface area contributed by atoms with Crippen molar-refractivity contribution in [2.24, 2.45) is 11.1 Å². The summed E-state index contributed by atoms with van der Waals surface area (Å²) < 4.78 is 5.81. The van der Waals surface area contributed by atoms with Gasteiger partial charge in [-0.25, -0.2) is 0 Å². The molecular formula is C14H19N3O. The number of oxazole rings is 1. The van der Waals surface area contributed by atoms with Crippen LogP contribution in [0.3, 0.4) is 0 Å². The molecule has 1 aliphatic rings. The van der Waals surface area contributed by atoms with Crippen LogP contribution in [0.5, 0.6) is 0 Å². The van der Waals surface area contributed by atoms with Crippen LogP contribution in [0.4, 0.5) is 6.01 Å². The smallest absolute Gasteiger partial charge is 0.298 e. The van der Waals surface area contributed by atoms with Gasteiger partial charge >= 0.3 is 0 Å². The van der Waals surface area contributed by atoms with Crippen molar-refractivity contribution in [3.05, 3.63) is 24.3 Å². The van der Waals surface area contributed by atoms with E-state index >= 15 is 0 Å². The molecule has 2 aromatic rings. The lowest BCUT2D eigenvalue weighted by Gasteiger charge is -2.41. The highest BCUT2D eigenvalue weighted by Crippen LogP contribution is 2.31. The largest absolute Gasteiger partial charge is 0.423 e. The topological polar surface area (TPSA) is 55.3 Å². The van der Waals surface area contributed by atoms with Crippen molar-refractivity contribution in [1.82, 2.24) is 4.98 Å². The maximum Gasteiger partial charge on any atom is 0.298 e. The molecule has 0 saturated carbocycles.